The van der Waals surface area contributed by atoms with E-state index in [4.69, 9.17) is 25.6 Å². The SMILES string of the molecule is CCC[Si]1(OCC)O[Si](CCC)(OCC)O[Si](CCC)(OCC)O1. The molecule has 0 saturated carbocycles. The Morgan fingerprint density at radius 1 is 0.500 bits per heavy atom. The Kier molecular flexibility index (Phi) is 9.85. The van der Waals surface area contributed by atoms with E-state index in [2.05, 4.69) is 20.8 Å². The summed E-state index contributed by atoms with van der Waals surface area (Å²) in [5.74, 6) is 0. The molecule has 0 aromatic rings. The Hall–Kier alpha value is 0.411. The maximum absolute atomic E-state index is 6.51. The lowest BCUT2D eigenvalue weighted by Crippen LogP contribution is -2.73. The van der Waals surface area contributed by atoms with E-state index in [0.717, 1.165) is 37.4 Å². The van der Waals surface area contributed by atoms with Crippen LogP contribution >= 0.6 is 0 Å². The summed E-state index contributed by atoms with van der Waals surface area (Å²) in [4.78, 5) is 0. The molecular formula is C15H36O6Si3. The molecule has 1 heterocycles. The molecule has 6 nitrogen and oxygen atoms in total. The second-order valence-corrected chi connectivity index (χ2v) is 14.8. The van der Waals surface area contributed by atoms with Crippen molar-refractivity contribution in [1.82, 2.24) is 0 Å². The average Bonchev–Trinajstić information content (AvgIpc) is 2.48. The van der Waals surface area contributed by atoms with Crippen LogP contribution in [0.4, 0.5) is 0 Å². The Bertz CT molecular complexity index is 276. The zero-order valence-corrected chi connectivity index (χ0v) is 19.3. The van der Waals surface area contributed by atoms with Crippen LogP contribution in [0.1, 0.15) is 60.8 Å². The van der Waals surface area contributed by atoms with E-state index < -0.39 is 26.4 Å². The van der Waals surface area contributed by atoms with Gasteiger partial charge in [-0.1, -0.05) is 40.0 Å². The van der Waals surface area contributed by atoms with E-state index in [1.165, 1.54) is 0 Å². The maximum atomic E-state index is 6.51. The van der Waals surface area contributed by atoms with Crippen molar-refractivity contribution < 1.29 is 25.6 Å². The monoisotopic (exact) mass is 396 g/mol. The lowest BCUT2D eigenvalue weighted by atomic mass is 10.6. The molecule has 1 fully saturated rings. The molecule has 0 aromatic heterocycles. The molecule has 0 radical (unpaired) electrons. The standard InChI is InChI=1S/C15H36O6Si3/c1-7-13-22(16-10-4)19-23(14-8-2,17-11-5)21-24(20-22,15-9-3)18-12-6/h7-15H2,1-6H3. The predicted molar refractivity (Wildman–Crippen MR) is 101 cm³/mol. The average molecular weight is 397 g/mol. The van der Waals surface area contributed by atoms with E-state index in [9.17, 15) is 0 Å². The molecule has 0 aliphatic carbocycles. The van der Waals surface area contributed by atoms with Crippen LogP contribution in [0.3, 0.4) is 0 Å². The van der Waals surface area contributed by atoms with Crippen LogP contribution in [0.2, 0.25) is 18.1 Å². The van der Waals surface area contributed by atoms with E-state index >= 15 is 0 Å². The first kappa shape index (κ1) is 22.5. The van der Waals surface area contributed by atoms with Crippen molar-refractivity contribution in [1.29, 1.82) is 0 Å². The molecule has 0 aromatic carbocycles. The summed E-state index contributed by atoms with van der Waals surface area (Å²) in [6, 6.07) is 2.34. The van der Waals surface area contributed by atoms with E-state index in [1.807, 2.05) is 20.8 Å². The molecule has 1 aliphatic heterocycles. The first-order valence-corrected chi connectivity index (χ1v) is 15.3. The molecule has 0 atom stereocenters. The summed E-state index contributed by atoms with van der Waals surface area (Å²) in [7, 11) is -8.56. The van der Waals surface area contributed by atoms with Crippen molar-refractivity contribution in [2.75, 3.05) is 19.8 Å². The minimum Gasteiger partial charge on any atom is -0.375 e. The van der Waals surface area contributed by atoms with Gasteiger partial charge in [0, 0.05) is 38.0 Å². The second-order valence-electron chi connectivity index (χ2n) is 5.90. The van der Waals surface area contributed by atoms with Crippen LogP contribution in [-0.2, 0) is 25.6 Å². The Labute approximate surface area is 151 Å². The van der Waals surface area contributed by atoms with Crippen LogP contribution in [0.15, 0.2) is 0 Å². The fourth-order valence-electron chi connectivity index (χ4n) is 3.05. The molecule has 0 N–H and O–H groups in total. The number of hydrogen-bond acceptors (Lipinski definition) is 6. The zero-order chi connectivity index (χ0) is 18.1. The Balaban J connectivity index is 3.29. The molecule has 9 heteroatoms. The smallest absolute Gasteiger partial charge is 0.375 e. The van der Waals surface area contributed by atoms with Crippen LogP contribution < -0.4 is 0 Å². The molecule has 0 bridgehead atoms. The Morgan fingerprint density at radius 3 is 0.917 bits per heavy atom. The van der Waals surface area contributed by atoms with Gasteiger partial charge in [0.15, 0.2) is 0 Å². The summed E-state index contributed by atoms with van der Waals surface area (Å²) in [5.41, 5.74) is 0. The van der Waals surface area contributed by atoms with Crippen molar-refractivity contribution in [3.63, 3.8) is 0 Å². The van der Waals surface area contributed by atoms with Crippen molar-refractivity contribution >= 4 is 26.4 Å². The van der Waals surface area contributed by atoms with Gasteiger partial charge in [-0.3, -0.25) is 0 Å². The minimum atomic E-state index is -2.85. The highest BCUT2D eigenvalue weighted by atomic mass is 28.5. The second kappa shape index (κ2) is 10.5. The molecule has 144 valence electrons. The van der Waals surface area contributed by atoms with Gasteiger partial charge in [-0.15, -0.1) is 0 Å². The summed E-state index contributed by atoms with van der Waals surface area (Å²) in [6.07, 6.45) is 2.83. The van der Waals surface area contributed by atoms with Gasteiger partial charge in [-0.25, -0.2) is 0 Å². The largest absolute Gasteiger partial charge is 0.486 e. The molecule has 1 rings (SSSR count). The fourth-order valence-corrected chi connectivity index (χ4v) is 17.8. The minimum absolute atomic E-state index is 0.567. The third-order valence-electron chi connectivity index (χ3n) is 3.69. The predicted octanol–water partition coefficient (Wildman–Crippen LogP) is 4.21. The summed E-state index contributed by atoms with van der Waals surface area (Å²) < 4.78 is 37.9. The van der Waals surface area contributed by atoms with Gasteiger partial charge in [-0.05, 0) is 20.8 Å². The molecule has 0 amide bonds. The van der Waals surface area contributed by atoms with E-state index in [1.54, 1.807) is 0 Å². The number of rotatable bonds is 12. The molecular weight excluding hydrogens is 360 g/mol. The lowest BCUT2D eigenvalue weighted by Gasteiger charge is -2.49. The quantitative estimate of drug-likeness (QED) is 0.461. The molecule has 24 heavy (non-hydrogen) atoms. The topological polar surface area (TPSA) is 55.4 Å². The van der Waals surface area contributed by atoms with Crippen LogP contribution in [0, 0.1) is 0 Å². The van der Waals surface area contributed by atoms with Gasteiger partial charge in [0.1, 0.15) is 0 Å². The third-order valence-corrected chi connectivity index (χ3v) is 16.7. The maximum Gasteiger partial charge on any atom is 0.486 e. The summed E-state index contributed by atoms with van der Waals surface area (Å²) >= 11 is 0. The summed E-state index contributed by atoms with van der Waals surface area (Å²) in [6.45, 7) is 14.0. The first-order valence-electron chi connectivity index (χ1n) is 9.51. The van der Waals surface area contributed by atoms with Crippen LogP contribution in [-0.4, -0.2) is 46.2 Å². The van der Waals surface area contributed by atoms with Crippen molar-refractivity contribution in [2.45, 2.75) is 78.9 Å². The highest BCUT2D eigenvalue weighted by molar-refractivity contribution is 6.88. The van der Waals surface area contributed by atoms with Gasteiger partial charge in [0.05, 0.1) is 0 Å². The first-order chi connectivity index (χ1) is 11.5. The number of hydrogen-bond donors (Lipinski definition) is 0. The zero-order valence-electron chi connectivity index (χ0n) is 16.3. The molecule has 1 saturated heterocycles. The normalized spacial score (nSPS) is 33.8. The van der Waals surface area contributed by atoms with Gasteiger partial charge in [0.25, 0.3) is 0 Å². The highest BCUT2D eigenvalue weighted by Crippen LogP contribution is 2.39. The van der Waals surface area contributed by atoms with Gasteiger partial charge in [0.2, 0.25) is 0 Å². The van der Waals surface area contributed by atoms with Crippen molar-refractivity contribution in [3.05, 3.63) is 0 Å². The molecule has 0 unspecified atom stereocenters. The van der Waals surface area contributed by atoms with E-state index in [-0.39, 0.29) is 0 Å². The Morgan fingerprint density at radius 2 is 0.750 bits per heavy atom. The van der Waals surface area contributed by atoms with Crippen molar-refractivity contribution in [2.24, 2.45) is 0 Å². The van der Waals surface area contributed by atoms with Gasteiger partial charge in [-0.2, -0.15) is 0 Å². The van der Waals surface area contributed by atoms with E-state index in [0.29, 0.717) is 19.8 Å². The highest BCUT2D eigenvalue weighted by Gasteiger charge is 2.66. The molecule has 0 spiro atoms. The van der Waals surface area contributed by atoms with Gasteiger partial charge >= 0.3 is 26.4 Å². The van der Waals surface area contributed by atoms with Crippen LogP contribution in [0.5, 0.6) is 0 Å². The summed E-state index contributed by atoms with van der Waals surface area (Å²) in [5, 5.41) is 0. The van der Waals surface area contributed by atoms with Crippen LogP contribution in [0.25, 0.3) is 0 Å². The van der Waals surface area contributed by atoms with Crippen molar-refractivity contribution in [3.8, 4) is 0 Å². The third kappa shape index (κ3) is 5.71. The lowest BCUT2D eigenvalue weighted by molar-refractivity contribution is 0.0164. The molecule has 1 aliphatic rings. The van der Waals surface area contributed by atoms with Gasteiger partial charge < -0.3 is 25.6 Å². The fraction of sp³-hybridized carbons (Fsp3) is 1.00.